The summed E-state index contributed by atoms with van der Waals surface area (Å²) in [6.07, 6.45) is -3.10. The molecule has 1 N–H and O–H groups in total. The first kappa shape index (κ1) is 24.2. The van der Waals surface area contributed by atoms with Gasteiger partial charge in [0.2, 0.25) is 10.0 Å². The number of hydrogen-bond acceptors (Lipinski definition) is 4. The summed E-state index contributed by atoms with van der Waals surface area (Å²) in [4.78, 5) is 17.1. The van der Waals surface area contributed by atoms with Crippen molar-refractivity contribution in [1.82, 2.24) is 14.6 Å². The van der Waals surface area contributed by atoms with Crippen molar-refractivity contribution in [2.45, 2.75) is 30.0 Å². The number of benzene rings is 1. The summed E-state index contributed by atoms with van der Waals surface area (Å²) in [6, 6.07) is 3.61. The SMILES string of the molecule is O=C(c1cc(Cl)cnc1Cl)N1CCC(NS(=O)(=O)c2ccc(Br)cc2C(F)(F)F)CC1. The number of hydrogen-bond donors (Lipinski definition) is 1. The minimum absolute atomic E-state index is 0.00727. The van der Waals surface area contributed by atoms with Gasteiger partial charge in [-0.25, -0.2) is 18.1 Å². The van der Waals surface area contributed by atoms with Crippen LogP contribution in [0.3, 0.4) is 0 Å². The molecular weight excluding hydrogens is 546 g/mol. The molecule has 0 aliphatic carbocycles. The lowest BCUT2D eigenvalue weighted by molar-refractivity contribution is -0.139. The lowest BCUT2D eigenvalue weighted by atomic mass is 10.1. The second-order valence-corrected chi connectivity index (χ2v) is 10.2. The number of piperidine rings is 1. The van der Waals surface area contributed by atoms with Gasteiger partial charge in [0.15, 0.2) is 0 Å². The van der Waals surface area contributed by atoms with Gasteiger partial charge in [0.1, 0.15) is 5.15 Å². The Bertz CT molecular complexity index is 1110. The minimum atomic E-state index is -4.84. The third kappa shape index (κ3) is 5.70. The number of alkyl halides is 3. The molecule has 1 aromatic heterocycles. The summed E-state index contributed by atoms with van der Waals surface area (Å²) < 4.78 is 67.7. The number of likely N-dealkylation sites (tertiary alicyclic amines) is 1. The molecule has 0 bridgehead atoms. The highest BCUT2D eigenvalue weighted by molar-refractivity contribution is 9.10. The fraction of sp³-hybridized carbons (Fsp3) is 0.333. The van der Waals surface area contributed by atoms with Gasteiger partial charge < -0.3 is 4.90 Å². The number of pyridine rings is 1. The first-order chi connectivity index (χ1) is 14.4. The molecule has 0 spiro atoms. The standard InChI is InChI=1S/C18H15BrCl2F3N3O3S/c19-10-1-2-15(14(7-10)18(22,23)24)31(29,30)26-12-3-5-27(6-4-12)17(28)13-8-11(20)9-25-16(13)21/h1-2,7-9,12,26H,3-6H2. The summed E-state index contributed by atoms with van der Waals surface area (Å²) in [5.74, 6) is -0.409. The molecule has 0 saturated carbocycles. The molecule has 1 fully saturated rings. The summed E-state index contributed by atoms with van der Waals surface area (Å²) >= 11 is 14.7. The number of rotatable bonds is 4. The molecular formula is C18H15BrCl2F3N3O3S. The smallest absolute Gasteiger partial charge is 0.338 e. The molecule has 1 aliphatic rings. The molecule has 0 unspecified atom stereocenters. The Labute approximate surface area is 194 Å². The molecule has 1 amide bonds. The van der Waals surface area contributed by atoms with Crippen LogP contribution in [0.5, 0.6) is 0 Å². The van der Waals surface area contributed by atoms with Gasteiger partial charge in [0, 0.05) is 29.8 Å². The van der Waals surface area contributed by atoms with Crippen molar-refractivity contribution in [3.05, 3.63) is 56.2 Å². The monoisotopic (exact) mass is 559 g/mol. The van der Waals surface area contributed by atoms with Gasteiger partial charge in [-0.1, -0.05) is 39.1 Å². The van der Waals surface area contributed by atoms with Crippen molar-refractivity contribution >= 4 is 55.1 Å². The Hall–Kier alpha value is -1.40. The summed E-state index contributed by atoms with van der Waals surface area (Å²) in [7, 11) is -4.44. The molecule has 31 heavy (non-hydrogen) atoms. The van der Waals surface area contributed by atoms with Crippen LogP contribution < -0.4 is 4.72 Å². The van der Waals surface area contributed by atoms with Crippen LogP contribution in [-0.2, 0) is 16.2 Å². The Balaban J connectivity index is 1.71. The largest absolute Gasteiger partial charge is 0.417 e. The molecule has 0 atom stereocenters. The first-order valence-corrected chi connectivity index (χ1v) is 11.9. The van der Waals surface area contributed by atoms with E-state index in [1.54, 1.807) is 0 Å². The van der Waals surface area contributed by atoms with E-state index in [-0.39, 0.29) is 46.1 Å². The predicted molar refractivity (Wildman–Crippen MR) is 113 cm³/mol. The molecule has 6 nitrogen and oxygen atoms in total. The van der Waals surface area contributed by atoms with Crippen LogP contribution in [-0.4, -0.2) is 43.3 Å². The third-order valence-electron chi connectivity index (χ3n) is 4.68. The molecule has 3 rings (SSSR count). The van der Waals surface area contributed by atoms with E-state index in [0.717, 1.165) is 12.1 Å². The van der Waals surface area contributed by atoms with Gasteiger partial charge in [-0.2, -0.15) is 13.2 Å². The summed E-state index contributed by atoms with van der Waals surface area (Å²) in [5.41, 5.74) is -1.14. The van der Waals surface area contributed by atoms with E-state index in [4.69, 9.17) is 23.2 Å². The maximum Gasteiger partial charge on any atom is 0.417 e. The van der Waals surface area contributed by atoms with Crippen LogP contribution in [0.2, 0.25) is 10.2 Å². The minimum Gasteiger partial charge on any atom is -0.338 e. The number of halogens is 6. The molecule has 2 heterocycles. The van der Waals surface area contributed by atoms with Crippen LogP contribution in [0.4, 0.5) is 13.2 Å². The number of nitrogens with zero attached hydrogens (tertiary/aromatic N) is 2. The second-order valence-electron chi connectivity index (χ2n) is 6.82. The van der Waals surface area contributed by atoms with Crippen LogP contribution >= 0.6 is 39.1 Å². The van der Waals surface area contributed by atoms with Crippen molar-refractivity contribution < 1.29 is 26.4 Å². The number of nitrogens with one attached hydrogen (secondary N) is 1. The molecule has 0 radical (unpaired) electrons. The maximum absolute atomic E-state index is 13.3. The Morgan fingerprint density at radius 3 is 2.45 bits per heavy atom. The van der Waals surface area contributed by atoms with Crippen molar-refractivity contribution in [2.75, 3.05) is 13.1 Å². The van der Waals surface area contributed by atoms with Gasteiger partial charge in [-0.05, 0) is 37.1 Å². The van der Waals surface area contributed by atoms with Gasteiger partial charge in [0.25, 0.3) is 5.91 Å². The number of amides is 1. The van der Waals surface area contributed by atoms with E-state index in [9.17, 15) is 26.4 Å². The number of sulfonamides is 1. The average Bonchev–Trinajstić information content (AvgIpc) is 2.68. The summed E-state index contributed by atoms with van der Waals surface area (Å²) in [5, 5.41) is 0.234. The van der Waals surface area contributed by atoms with Crippen molar-refractivity contribution in [3.8, 4) is 0 Å². The topological polar surface area (TPSA) is 79.4 Å². The normalized spacial score (nSPS) is 15.9. The van der Waals surface area contributed by atoms with Crippen LogP contribution in [0.15, 0.2) is 39.8 Å². The fourth-order valence-electron chi connectivity index (χ4n) is 3.18. The zero-order chi connectivity index (χ0) is 23.0. The lowest BCUT2D eigenvalue weighted by Gasteiger charge is -2.32. The van der Waals surface area contributed by atoms with E-state index in [1.165, 1.54) is 23.2 Å². The summed E-state index contributed by atoms with van der Waals surface area (Å²) in [6.45, 7) is 0.364. The highest BCUT2D eigenvalue weighted by Gasteiger charge is 2.38. The third-order valence-corrected chi connectivity index (χ3v) is 7.26. The van der Waals surface area contributed by atoms with Crippen LogP contribution in [0.25, 0.3) is 0 Å². The van der Waals surface area contributed by atoms with Crippen molar-refractivity contribution in [2.24, 2.45) is 0 Å². The highest BCUT2D eigenvalue weighted by Crippen LogP contribution is 2.36. The van der Waals surface area contributed by atoms with E-state index >= 15 is 0 Å². The number of aromatic nitrogens is 1. The zero-order valence-corrected chi connectivity index (χ0v) is 19.5. The van der Waals surface area contributed by atoms with Crippen molar-refractivity contribution in [1.29, 1.82) is 0 Å². The first-order valence-electron chi connectivity index (χ1n) is 8.88. The van der Waals surface area contributed by atoms with Crippen LogP contribution in [0, 0.1) is 0 Å². The van der Waals surface area contributed by atoms with E-state index in [1.807, 2.05) is 0 Å². The number of carbonyl (C=O) groups is 1. The zero-order valence-electron chi connectivity index (χ0n) is 15.6. The quantitative estimate of drug-likeness (QED) is 0.547. The molecule has 1 aliphatic heterocycles. The Morgan fingerprint density at radius 1 is 1.19 bits per heavy atom. The van der Waals surface area contributed by atoms with Gasteiger partial charge >= 0.3 is 6.18 Å². The van der Waals surface area contributed by atoms with E-state index in [0.29, 0.717) is 0 Å². The van der Waals surface area contributed by atoms with Gasteiger partial charge in [-0.3, -0.25) is 4.79 Å². The molecule has 1 saturated heterocycles. The fourth-order valence-corrected chi connectivity index (χ4v) is 5.40. The lowest BCUT2D eigenvalue weighted by Crippen LogP contribution is -2.46. The Morgan fingerprint density at radius 2 is 1.84 bits per heavy atom. The molecule has 1 aromatic carbocycles. The second kappa shape index (κ2) is 9.22. The Kier molecular flexibility index (Phi) is 7.21. The maximum atomic E-state index is 13.3. The molecule has 2 aromatic rings. The van der Waals surface area contributed by atoms with E-state index in [2.05, 4.69) is 25.6 Å². The number of carbonyl (C=O) groups excluding carboxylic acids is 1. The van der Waals surface area contributed by atoms with Crippen LogP contribution in [0.1, 0.15) is 28.8 Å². The predicted octanol–water partition coefficient (Wildman–Crippen LogP) is 4.75. The molecule has 168 valence electrons. The van der Waals surface area contributed by atoms with Crippen molar-refractivity contribution in [3.63, 3.8) is 0 Å². The molecule has 13 heteroatoms. The van der Waals surface area contributed by atoms with E-state index < -0.39 is 38.6 Å². The van der Waals surface area contributed by atoms with Gasteiger partial charge in [-0.15, -0.1) is 0 Å². The highest BCUT2D eigenvalue weighted by atomic mass is 79.9. The average molecular weight is 561 g/mol. The van der Waals surface area contributed by atoms with Gasteiger partial charge in [0.05, 0.1) is 21.0 Å².